The van der Waals surface area contributed by atoms with Gasteiger partial charge in [0.25, 0.3) is 0 Å². The van der Waals surface area contributed by atoms with Crippen LogP contribution < -0.4 is 4.72 Å². The van der Waals surface area contributed by atoms with Crippen LogP contribution in [0.15, 0.2) is 11.6 Å². The largest absolute Gasteiger partial charge is 0.267 e. The fourth-order valence-corrected chi connectivity index (χ4v) is 9.75. The van der Waals surface area contributed by atoms with Crippen molar-refractivity contribution in [3.8, 4) is 0 Å². The van der Waals surface area contributed by atoms with Crippen molar-refractivity contribution in [1.29, 1.82) is 0 Å². The van der Waals surface area contributed by atoms with Gasteiger partial charge in [-0.25, -0.2) is 0 Å². The van der Waals surface area contributed by atoms with Gasteiger partial charge in [-0.2, -0.15) is 0 Å². The highest BCUT2D eigenvalue weighted by molar-refractivity contribution is 7.98. The summed E-state index contributed by atoms with van der Waals surface area (Å²) >= 11 is 1.97. The summed E-state index contributed by atoms with van der Waals surface area (Å²) in [6.07, 6.45) is 18.7. The van der Waals surface area contributed by atoms with Crippen LogP contribution in [0.5, 0.6) is 0 Å². The van der Waals surface area contributed by atoms with Crippen molar-refractivity contribution in [3.63, 3.8) is 0 Å². The van der Waals surface area contributed by atoms with E-state index in [1.165, 1.54) is 70.6 Å². The minimum atomic E-state index is 0.510. The number of allylic oxidation sites excluding steroid dienone is 2. The maximum atomic E-state index is 3.36. The molecule has 0 bridgehead atoms. The van der Waals surface area contributed by atoms with Crippen molar-refractivity contribution in [2.24, 2.45) is 46.3 Å². The number of fused-ring (bicyclic) bond motifs is 5. The molecule has 3 fully saturated rings. The molecule has 2 heteroatoms. The number of nitrogens with one attached hydrogen (secondary N) is 1. The highest BCUT2D eigenvalue weighted by Crippen LogP contribution is 2.67. The third-order valence-corrected chi connectivity index (χ3v) is 11.5. The second-order valence-corrected chi connectivity index (χ2v) is 13.8. The first-order chi connectivity index (χ1) is 14.3. The van der Waals surface area contributed by atoms with Crippen LogP contribution in [0.25, 0.3) is 0 Å². The summed E-state index contributed by atoms with van der Waals surface area (Å²) in [5.41, 5.74) is 2.97. The van der Waals surface area contributed by atoms with Crippen molar-refractivity contribution in [2.75, 3.05) is 7.05 Å². The van der Waals surface area contributed by atoms with Gasteiger partial charge in [0.1, 0.15) is 0 Å². The Bertz CT molecular complexity index is 626. The van der Waals surface area contributed by atoms with Crippen LogP contribution in [0.1, 0.15) is 105 Å². The molecule has 0 aromatic heterocycles. The Morgan fingerprint density at radius 2 is 1.83 bits per heavy atom. The van der Waals surface area contributed by atoms with Gasteiger partial charge in [-0.15, -0.1) is 0 Å². The molecule has 4 aliphatic rings. The average Bonchev–Trinajstić information content (AvgIpc) is 3.05. The predicted molar refractivity (Wildman–Crippen MR) is 133 cm³/mol. The zero-order chi connectivity index (χ0) is 21.5. The third kappa shape index (κ3) is 4.07. The monoisotopic (exact) mass is 431 g/mol. The molecule has 30 heavy (non-hydrogen) atoms. The Hall–Kier alpha value is 0.0500. The molecule has 3 saturated carbocycles. The van der Waals surface area contributed by atoms with Crippen LogP contribution in [0.4, 0.5) is 0 Å². The van der Waals surface area contributed by atoms with E-state index in [0.29, 0.717) is 10.8 Å². The van der Waals surface area contributed by atoms with E-state index in [4.69, 9.17) is 0 Å². The van der Waals surface area contributed by atoms with E-state index < -0.39 is 0 Å². The summed E-state index contributed by atoms with van der Waals surface area (Å²) in [6, 6.07) is 0. The van der Waals surface area contributed by atoms with Crippen molar-refractivity contribution in [2.45, 2.75) is 110 Å². The molecule has 1 N–H and O–H groups in total. The second kappa shape index (κ2) is 9.12. The predicted octanol–water partition coefficient (Wildman–Crippen LogP) is 8.26. The lowest BCUT2D eigenvalue weighted by atomic mass is 9.47. The van der Waals surface area contributed by atoms with Crippen molar-refractivity contribution in [1.82, 2.24) is 4.72 Å². The van der Waals surface area contributed by atoms with E-state index in [1.807, 2.05) is 17.5 Å². The summed E-state index contributed by atoms with van der Waals surface area (Å²) in [5, 5.41) is 0.794. The number of rotatable bonds is 7. The van der Waals surface area contributed by atoms with Crippen molar-refractivity contribution in [3.05, 3.63) is 11.6 Å². The number of hydrogen-bond acceptors (Lipinski definition) is 2. The Morgan fingerprint density at radius 3 is 2.57 bits per heavy atom. The lowest BCUT2D eigenvalue weighted by Gasteiger charge is -2.58. The van der Waals surface area contributed by atoms with E-state index in [9.17, 15) is 0 Å². The fourth-order valence-electron chi connectivity index (χ4n) is 8.92. The molecule has 0 spiro atoms. The smallest absolute Gasteiger partial charge is 0.0230 e. The molecule has 8 atom stereocenters. The molecule has 0 aromatic carbocycles. The van der Waals surface area contributed by atoms with Gasteiger partial charge in [0.05, 0.1) is 0 Å². The molecule has 0 aliphatic heterocycles. The zero-order valence-electron chi connectivity index (χ0n) is 20.8. The van der Waals surface area contributed by atoms with E-state index in [1.54, 1.807) is 0 Å². The van der Waals surface area contributed by atoms with Gasteiger partial charge in [-0.05, 0) is 105 Å². The first-order valence-corrected chi connectivity index (χ1v) is 14.2. The SMILES string of the molecule is CNS[C@H]1CC[C@@]2(C)C(=CC[C@H]3[C@@H]4CC[C@H]([C@H](C)CCCC(C)C)[C@@]4(C)CC[C@@H]32)C1. The molecule has 4 rings (SSSR count). The van der Waals surface area contributed by atoms with Gasteiger partial charge < -0.3 is 0 Å². The Labute approximate surface area is 192 Å². The van der Waals surface area contributed by atoms with Gasteiger partial charge in [-0.3, -0.25) is 4.72 Å². The summed E-state index contributed by atoms with van der Waals surface area (Å²) in [6.45, 7) is 12.8. The zero-order valence-corrected chi connectivity index (χ0v) is 21.6. The molecule has 4 aliphatic carbocycles. The first kappa shape index (κ1) is 23.2. The highest BCUT2D eigenvalue weighted by Gasteiger charge is 2.59. The van der Waals surface area contributed by atoms with Crippen LogP contribution in [0.3, 0.4) is 0 Å². The van der Waals surface area contributed by atoms with Crippen LogP contribution in [-0.4, -0.2) is 12.3 Å². The molecule has 172 valence electrons. The van der Waals surface area contributed by atoms with Crippen LogP contribution in [0, 0.1) is 46.3 Å². The lowest BCUT2D eigenvalue weighted by Crippen LogP contribution is -2.50. The summed E-state index contributed by atoms with van der Waals surface area (Å²) in [7, 11) is 2.09. The molecule has 0 radical (unpaired) electrons. The molecular formula is C28H49NS. The number of hydrogen-bond donors (Lipinski definition) is 1. The first-order valence-electron chi connectivity index (χ1n) is 13.3. The maximum Gasteiger partial charge on any atom is 0.0230 e. The van der Waals surface area contributed by atoms with Gasteiger partial charge in [0.2, 0.25) is 0 Å². The summed E-state index contributed by atoms with van der Waals surface area (Å²) < 4.78 is 3.36. The molecule has 0 aromatic rings. The van der Waals surface area contributed by atoms with E-state index >= 15 is 0 Å². The maximum absolute atomic E-state index is 3.36. The van der Waals surface area contributed by atoms with E-state index in [-0.39, 0.29) is 0 Å². The van der Waals surface area contributed by atoms with Crippen LogP contribution in [0.2, 0.25) is 0 Å². The third-order valence-electron chi connectivity index (χ3n) is 10.5. The molecular weight excluding hydrogens is 382 g/mol. The fraction of sp³-hybridized carbons (Fsp3) is 0.929. The van der Waals surface area contributed by atoms with Crippen LogP contribution in [-0.2, 0) is 0 Å². The van der Waals surface area contributed by atoms with Crippen molar-refractivity contribution < 1.29 is 0 Å². The Morgan fingerprint density at radius 1 is 1.03 bits per heavy atom. The normalized spacial score (nSPS) is 44.2. The van der Waals surface area contributed by atoms with Crippen LogP contribution >= 0.6 is 11.9 Å². The Balaban J connectivity index is 1.47. The van der Waals surface area contributed by atoms with Crippen molar-refractivity contribution >= 4 is 11.9 Å². The van der Waals surface area contributed by atoms with Gasteiger partial charge in [0, 0.05) is 5.25 Å². The molecule has 0 unspecified atom stereocenters. The van der Waals surface area contributed by atoms with Gasteiger partial charge in [-0.1, -0.05) is 77.5 Å². The molecule has 0 heterocycles. The quantitative estimate of drug-likeness (QED) is 0.321. The lowest BCUT2D eigenvalue weighted by molar-refractivity contribution is -0.0497. The average molecular weight is 432 g/mol. The topological polar surface area (TPSA) is 12.0 Å². The minimum Gasteiger partial charge on any atom is -0.267 e. The molecule has 0 amide bonds. The summed E-state index contributed by atoms with van der Waals surface area (Å²) in [4.78, 5) is 0. The van der Waals surface area contributed by atoms with E-state index in [2.05, 4.69) is 52.5 Å². The second-order valence-electron chi connectivity index (χ2n) is 12.5. The molecule has 1 nitrogen and oxygen atoms in total. The summed E-state index contributed by atoms with van der Waals surface area (Å²) in [5.74, 6) is 5.70. The molecule has 0 saturated heterocycles. The van der Waals surface area contributed by atoms with Gasteiger partial charge >= 0.3 is 0 Å². The van der Waals surface area contributed by atoms with E-state index in [0.717, 1.165) is 40.8 Å². The minimum absolute atomic E-state index is 0.510. The standard InChI is InChI=1S/C28H49NS/c1-19(2)8-7-9-20(3)24-12-13-25-23-11-10-21-18-22(30-29-6)14-16-27(21,4)26(23)15-17-28(24,25)5/h10,19-20,22-26,29H,7-9,11-18H2,1-6H3/t20-,22+,23+,24-,25+,26+,27+,28-/m1/s1. The highest BCUT2D eigenvalue weighted by atomic mass is 32.2. The Kier molecular flexibility index (Phi) is 7.06. The van der Waals surface area contributed by atoms with Gasteiger partial charge in [0.15, 0.2) is 0 Å².